The molecule has 1 N–H and O–H groups in total. The van der Waals surface area contributed by atoms with E-state index < -0.39 is 0 Å². The lowest BCUT2D eigenvalue weighted by molar-refractivity contribution is 0.912. The largest absolute Gasteiger partial charge is 0.283 e. The molecule has 2 aromatic carbocycles. The van der Waals surface area contributed by atoms with Crippen LogP contribution in [0.15, 0.2) is 48.5 Å². The van der Waals surface area contributed by atoms with Crippen molar-refractivity contribution in [1.29, 1.82) is 5.41 Å². The average Bonchev–Trinajstić information content (AvgIpc) is 2.41. The topological polar surface area (TPSA) is 41.7 Å². The first-order valence-corrected chi connectivity index (χ1v) is 6.40. The quantitative estimate of drug-likeness (QED) is 0.680. The Morgan fingerprint density at radius 1 is 0.947 bits per heavy atom. The summed E-state index contributed by atoms with van der Waals surface area (Å²) in [5, 5.41) is 9.92. The molecule has 0 saturated heterocycles. The van der Waals surface area contributed by atoms with E-state index in [-0.39, 0.29) is 5.28 Å². The molecule has 3 rings (SSSR count). The van der Waals surface area contributed by atoms with E-state index in [1.807, 2.05) is 36.4 Å². The van der Waals surface area contributed by atoms with Crippen molar-refractivity contribution in [2.75, 3.05) is 0 Å². The van der Waals surface area contributed by atoms with Crippen molar-refractivity contribution >= 4 is 34.1 Å². The van der Waals surface area contributed by atoms with Crippen LogP contribution in [-0.4, -0.2) is 9.55 Å². The third-order valence-corrected chi connectivity index (χ3v) is 3.37. The second-order valence-electron chi connectivity index (χ2n) is 4.06. The zero-order valence-electron chi connectivity index (χ0n) is 9.77. The lowest BCUT2D eigenvalue weighted by Gasteiger charge is -2.10. The van der Waals surface area contributed by atoms with Crippen LogP contribution in [0.1, 0.15) is 0 Å². The molecular weight excluding hydrogens is 281 g/mol. The molecule has 0 aliphatic rings. The van der Waals surface area contributed by atoms with Crippen LogP contribution in [0.25, 0.3) is 16.6 Å². The molecule has 0 amide bonds. The predicted molar refractivity (Wildman–Crippen MR) is 76.9 cm³/mol. The molecule has 5 heteroatoms. The summed E-state index contributed by atoms with van der Waals surface area (Å²) in [4.78, 5) is 4.31. The van der Waals surface area contributed by atoms with Crippen LogP contribution in [0.3, 0.4) is 0 Å². The van der Waals surface area contributed by atoms with Crippen LogP contribution in [0.4, 0.5) is 0 Å². The minimum absolute atomic E-state index is 0.256. The Morgan fingerprint density at radius 3 is 2.37 bits per heavy atom. The van der Waals surface area contributed by atoms with E-state index in [1.54, 1.807) is 16.7 Å². The van der Waals surface area contributed by atoms with E-state index in [2.05, 4.69) is 4.98 Å². The van der Waals surface area contributed by atoms with Crippen molar-refractivity contribution in [3.63, 3.8) is 0 Å². The number of rotatable bonds is 1. The summed E-state index contributed by atoms with van der Waals surface area (Å²) >= 11 is 12.1. The van der Waals surface area contributed by atoms with Crippen LogP contribution in [0.5, 0.6) is 0 Å². The molecule has 94 valence electrons. The minimum atomic E-state index is 0.256. The Bertz CT molecular complexity index is 807. The molecule has 0 bridgehead atoms. The number of nitrogens with zero attached hydrogens (tertiary/aromatic N) is 2. The van der Waals surface area contributed by atoms with E-state index in [0.29, 0.717) is 16.0 Å². The van der Waals surface area contributed by atoms with Crippen molar-refractivity contribution in [1.82, 2.24) is 9.55 Å². The first-order chi connectivity index (χ1) is 9.16. The van der Waals surface area contributed by atoms with Gasteiger partial charge in [-0.3, -0.25) is 9.98 Å². The Morgan fingerprint density at radius 2 is 1.63 bits per heavy atom. The predicted octanol–water partition coefficient (Wildman–Crippen LogP) is 3.81. The number of benzene rings is 2. The lowest BCUT2D eigenvalue weighted by Crippen LogP contribution is -2.20. The standard InChI is InChI=1S/C14H9Cl2N3/c15-9-5-7-10(8-6-9)19-13(17)11-3-1-2-4-12(11)18-14(19)16/h1-8,17H. The fourth-order valence-electron chi connectivity index (χ4n) is 1.96. The smallest absolute Gasteiger partial charge is 0.209 e. The van der Waals surface area contributed by atoms with Crippen LogP contribution in [0, 0.1) is 5.41 Å². The summed E-state index contributed by atoms with van der Waals surface area (Å²) in [5.74, 6) is 0. The normalized spacial score (nSPS) is 10.8. The number of hydrogen-bond acceptors (Lipinski definition) is 2. The first kappa shape index (κ1) is 12.2. The van der Waals surface area contributed by atoms with Crippen LogP contribution in [-0.2, 0) is 0 Å². The van der Waals surface area contributed by atoms with Gasteiger partial charge in [-0.2, -0.15) is 0 Å². The molecule has 0 radical (unpaired) electrons. The lowest BCUT2D eigenvalue weighted by atomic mass is 10.2. The molecule has 1 heterocycles. The minimum Gasteiger partial charge on any atom is -0.283 e. The summed E-state index contributed by atoms with van der Waals surface area (Å²) in [5.41, 5.74) is 1.78. The Balaban J connectivity index is 2.35. The molecular formula is C14H9Cl2N3. The fourth-order valence-corrected chi connectivity index (χ4v) is 2.36. The molecule has 0 saturated carbocycles. The van der Waals surface area contributed by atoms with Gasteiger partial charge >= 0.3 is 0 Å². The highest BCUT2D eigenvalue weighted by Crippen LogP contribution is 2.17. The maximum atomic E-state index is 8.28. The molecule has 0 spiro atoms. The fraction of sp³-hybridized carbons (Fsp3) is 0. The summed E-state index contributed by atoms with van der Waals surface area (Å²) in [7, 11) is 0. The highest BCUT2D eigenvalue weighted by atomic mass is 35.5. The summed E-state index contributed by atoms with van der Waals surface area (Å²) < 4.78 is 1.58. The second kappa shape index (κ2) is 4.68. The van der Waals surface area contributed by atoms with Gasteiger partial charge in [0.2, 0.25) is 5.28 Å². The van der Waals surface area contributed by atoms with Gasteiger partial charge in [0.05, 0.1) is 11.2 Å². The molecule has 0 unspecified atom stereocenters. The molecule has 0 aliphatic carbocycles. The van der Waals surface area contributed by atoms with E-state index >= 15 is 0 Å². The van der Waals surface area contributed by atoms with Gasteiger partial charge in [-0.1, -0.05) is 23.7 Å². The molecule has 0 aliphatic heterocycles. The highest BCUT2D eigenvalue weighted by molar-refractivity contribution is 6.30. The number of halogens is 2. The van der Waals surface area contributed by atoms with Gasteiger partial charge in [0.25, 0.3) is 0 Å². The van der Waals surface area contributed by atoms with Crippen LogP contribution in [0.2, 0.25) is 10.3 Å². The van der Waals surface area contributed by atoms with Crippen molar-refractivity contribution in [3.8, 4) is 5.69 Å². The number of para-hydroxylation sites is 1. The van der Waals surface area contributed by atoms with E-state index in [9.17, 15) is 0 Å². The highest BCUT2D eigenvalue weighted by Gasteiger charge is 2.08. The number of hydrogen-bond donors (Lipinski definition) is 1. The van der Waals surface area contributed by atoms with Crippen molar-refractivity contribution in [3.05, 3.63) is 64.3 Å². The Hall–Kier alpha value is -1.84. The van der Waals surface area contributed by atoms with Crippen molar-refractivity contribution < 1.29 is 0 Å². The molecule has 0 atom stereocenters. The van der Waals surface area contributed by atoms with Gasteiger partial charge in [-0.25, -0.2) is 4.98 Å². The average molecular weight is 290 g/mol. The summed E-state index contributed by atoms with van der Waals surface area (Å²) in [6.07, 6.45) is 0. The van der Waals surface area contributed by atoms with Crippen molar-refractivity contribution in [2.45, 2.75) is 0 Å². The molecule has 19 heavy (non-hydrogen) atoms. The van der Waals surface area contributed by atoms with Gasteiger partial charge in [-0.05, 0) is 48.0 Å². The van der Waals surface area contributed by atoms with Gasteiger partial charge < -0.3 is 0 Å². The zero-order valence-corrected chi connectivity index (χ0v) is 11.3. The number of fused-ring (bicyclic) bond motifs is 1. The third kappa shape index (κ3) is 2.11. The summed E-state index contributed by atoms with van der Waals surface area (Å²) in [6, 6.07) is 14.6. The third-order valence-electron chi connectivity index (χ3n) is 2.86. The number of aromatic nitrogens is 2. The summed E-state index contributed by atoms with van der Waals surface area (Å²) in [6.45, 7) is 0. The molecule has 3 nitrogen and oxygen atoms in total. The van der Waals surface area contributed by atoms with Gasteiger partial charge in [0, 0.05) is 10.4 Å². The van der Waals surface area contributed by atoms with Crippen LogP contribution < -0.4 is 5.49 Å². The SMILES string of the molecule is N=c1c2ccccc2nc(Cl)n1-c1ccc(Cl)cc1. The Labute approximate surface area is 119 Å². The monoisotopic (exact) mass is 289 g/mol. The maximum Gasteiger partial charge on any atom is 0.209 e. The van der Waals surface area contributed by atoms with Gasteiger partial charge in [0.1, 0.15) is 5.49 Å². The van der Waals surface area contributed by atoms with Gasteiger partial charge in [-0.15, -0.1) is 0 Å². The van der Waals surface area contributed by atoms with E-state index in [1.165, 1.54) is 0 Å². The molecule has 1 aromatic heterocycles. The zero-order chi connectivity index (χ0) is 13.4. The van der Waals surface area contributed by atoms with Crippen LogP contribution >= 0.6 is 23.2 Å². The molecule has 3 aromatic rings. The second-order valence-corrected chi connectivity index (χ2v) is 4.83. The van der Waals surface area contributed by atoms with E-state index in [4.69, 9.17) is 28.6 Å². The van der Waals surface area contributed by atoms with Crippen molar-refractivity contribution in [2.24, 2.45) is 0 Å². The Kier molecular flexibility index (Phi) is 3.01. The van der Waals surface area contributed by atoms with Gasteiger partial charge in [0.15, 0.2) is 0 Å². The molecule has 0 fully saturated rings. The van der Waals surface area contributed by atoms with E-state index in [0.717, 1.165) is 11.1 Å². The first-order valence-electron chi connectivity index (χ1n) is 5.64. The maximum absolute atomic E-state index is 8.28. The number of nitrogens with one attached hydrogen (secondary N) is 1.